The average Bonchev–Trinajstić information content (AvgIpc) is 2.62. The van der Waals surface area contributed by atoms with Gasteiger partial charge in [-0.15, -0.1) is 0 Å². The Balaban J connectivity index is 1.96. The highest BCUT2D eigenvalue weighted by molar-refractivity contribution is 7.89. The number of hydrazone groups is 1. The van der Waals surface area contributed by atoms with Gasteiger partial charge in [-0.3, -0.25) is 9.59 Å². The number of hydrogen-bond acceptors (Lipinski definition) is 5. The number of rotatable bonds is 7. The molecule has 8 nitrogen and oxygen atoms in total. The van der Waals surface area contributed by atoms with Gasteiger partial charge in [-0.25, -0.2) is 13.8 Å². The lowest BCUT2D eigenvalue weighted by Gasteiger charge is -2.13. The summed E-state index contributed by atoms with van der Waals surface area (Å²) >= 11 is 0. The molecule has 2 rings (SSSR count). The topological polar surface area (TPSA) is 117 Å². The lowest BCUT2D eigenvalue weighted by Crippen LogP contribution is -2.43. The highest BCUT2D eigenvalue weighted by Gasteiger charge is 2.21. The largest absolute Gasteiger partial charge is 0.326 e. The normalized spacial score (nSPS) is 12.5. The van der Waals surface area contributed by atoms with Crippen molar-refractivity contribution in [2.45, 2.75) is 24.8 Å². The fourth-order valence-electron chi connectivity index (χ4n) is 2.08. The van der Waals surface area contributed by atoms with Crippen LogP contribution in [0.4, 0.5) is 5.69 Å². The smallest absolute Gasteiger partial charge is 0.257 e. The van der Waals surface area contributed by atoms with Gasteiger partial charge < -0.3 is 5.32 Å². The Morgan fingerprint density at radius 1 is 1.04 bits per heavy atom. The number of sulfonamides is 1. The molecule has 2 amide bonds. The minimum atomic E-state index is -3.90. The van der Waals surface area contributed by atoms with Crippen LogP contribution in [0.15, 0.2) is 64.6 Å². The minimum absolute atomic E-state index is 0.0240. The molecule has 0 radical (unpaired) electrons. The summed E-state index contributed by atoms with van der Waals surface area (Å²) < 4.78 is 27.0. The monoisotopic (exact) mass is 388 g/mol. The second-order valence-electron chi connectivity index (χ2n) is 5.69. The van der Waals surface area contributed by atoms with E-state index in [2.05, 4.69) is 20.6 Å². The Hall–Kier alpha value is -3.04. The molecule has 9 heteroatoms. The van der Waals surface area contributed by atoms with Crippen LogP contribution in [0.2, 0.25) is 0 Å². The average molecular weight is 388 g/mol. The Morgan fingerprint density at radius 3 is 2.26 bits per heavy atom. The standard InChI is InChI=1S/C18H20N4O4S/c1-13(18(24)21-19-12-15-6-4-3-5-7-15)22-27(25,26)17-10-8-16(9-11-17)20-14(2)23/h3-13,22H,1-2H3,(H,20,23)(H,21,24)/b19-12+/t13-/m0/s1. The van der Waals surface area contributed by atoms with E-state index in [-0.39, 0.29) is 10.8 Å². The summed E-state index contributed by atoms with van der Waals surface area (Å²) in [6.45, 7) is 2.77. The van der Waals surface area contributed by atoms with Crippen molar-refractivity contribution in [3.8, 4) is 0 Å². The van der Waals surface area contributed by atoms with E-state index in [9.17, 15) is 18.0 Å². The number of nitrogens with one attached hydrogen (secondary N) is 3. The molecule has 3 N–H and O–H groups in total. The van der Waals surface area contributed by atoms with Crippen LogP contribution < -0.4 is 15.5 Å². The molecule has 0 aliphatic heterocycles. The van der Waals surface area contributed by atoms with E-state index in [0.717, 1.165) is 5.56 Å². The van der Waals surface area contributed by atoms with Crippen molar-refractivity contribution in [1.82, 2.24) is 10.1 Å². The Kier molecular flexibility index (Phi) is 6.80. The second kappa shape index (κ2) is 9.06. The lowest BCUT2D eigenvalue weighted by atomic mass is 10.2. The minimum Gasteiger partial charge on any atom is -0.326 e. The molecule has 0 bridgehead atoms. The zero-order valence-corrected chi connectivity index (χ0v) is 15.7. The van der Waals surface area contributed by atoms with Gasteiger partial charge in [-0.05, 0) is 36.8 Å². The number of amides is 2. The molecule has 0 saturated carbocycles. The third kappa shape index (κ3) is 6.32. The molecule has 0 aliphatic carbocycles. The predicted molar refractivity (Wildman–Crippen MR) is 103 cm³/mol. The van der Waals surface area contributed by atoms with Crippen molar-refractivity contribution in [3.05, 3.63) is 60.2 Å². The first kappa shape index (κ1) is 20.3. The first-order valence-corrected chi connectivity index (χ1v) is 9.54. The van der Waals surface area contributed by atoms with E-state index in [1.807, 2.05) is 30.3 Å². The first-order chi connectivity index (χ1) is 12.8. The summed E-state index contributed by atoms with van der Waals surface area (Å²) in [4.78, 5) is 23.0. The van der Waals surface area contributed by atoms with Crippen LogP contribution in [-0.2, 0) is 19.6 Å². The van der Waals surface area contributed by atoms with E-state index < -0.39 is 22.0 Å². The summed E-state index contributed by atoms with van der Waals surface area (Å²) in [5.41, 5.74) is 3.56. The van der Waals surface area contributed by atoms with Crippen LogP contribution in [0, 0.1) is 0 Å². The summed E-state index contributed by atoms with van der Waals surface area (Å²) in [6.07, 6.45) is 1.46. The van der Waals surface area contributed by atoms with Gasteiger partial charge in [-0.2, -0.15) is 9.82 Å². The molecular formula is C18H20N4O4S. The molecule has 0 unspecified atom stereocenters. The highest BCUT2D eigenvalue weighted by Crippen LogP contribution is 2.14. The van der Waals surface area contributed by atoms with Crippen molar-refractivity contribution < 1.29 is 18.0 Å². The molecule has 0 aliphatic rings. The van der Waals surface area contributed by atoms with E-state index in [0.29, 0.717) is 5.69 Å². The number of carbonyl (C=O) groups is 2. The Bertz CT molecular complexity index is 926. The van der Waals surface area contributed by atoms with Gasteiger partial charge in [0.15, 0.2) is 0 Å². The van der Waals surface area contributed by atoms with Crippen molar-refractivity contribution >= 4 is 33.7 Å². The van der Waals surface area contributed by atoms with Gasteiger partial charge >= 0.3 is 0 Å². The highest BCUT2D eigenvalue weighted by atomic mass is 32.2. The summed E-state index contributed by atoms with van der Waals surface area (Å²) in [6, 6.07) is 13.7. The van der Waals surface area contributed by atoms with Crippen LogP contribution in [0.5, 0.6) is 0 Å². The van der Waals surface area contributed by atoms with Crippen LogP contribution >= 0.6 is 0 Å². The van der Waals surface area contributed by atoms with Gasteiger partial charge in [0.1, 0.15) is 0 Å². The Labute approximate surface area is 157 Å². The van der Waals surface area contributed by atoms with Crippen LogP contribution in [0.25, 0.3) is 0 Å². The molecule has 1 atom stereocenters. The Morgan fingerprint density at radius 2 is 1.67 bits per heavy atom. The molecular weight excluding hydrogens is 368 g/mol. The van der Waals surface area contributed by atoms with Gasteiger partial charge in [0.05, 0.1) is 17.2 Å². The number of nitrogens with zero attached hydrogens (tertiary/aromatic N) is 1. The first-order valence-electron chi connectivity index (χ1n) is 8.06. The van der Waals surface area contributed by atoms with Gasteiger partial charge in [0.2, 0.25) is 15.9 Å². The quantitative estimate of drug-likeness (QED) is 0.492. The molecule has 2 aromatic rings. The van der Waals surface area contributed by atoms with Crippen molar-refractivity contribution in [3.63, 3.8) is 0 Å². The maximum atomic E-state index is 12.4. The summed E-state index contributed by atoms with van der Waals surface area (Å²) in [5.74, 6) is -0.856. The van der Waals surface area contributed by atoms with E-state index in [1.165, 1.54) is 44.3 Å². The number of anilines is 1. The zero-order chi connectivity index (χ0) is 19.9. The molecule has 142 valence electrons. The molecule has 0 saturated heterocycles. The van der Waals surface area contributed by atoms with E-state index in [1.54, 1.807) is 0 Å². The third-order valence-corrected chi connectivity index (χ3v) is 4.95. The fourth-order valence-corrected chi connectivity index (χ4v) is 3.28. The van der Waals surface area contributed by atoms with Crippen LogP contribution in [0.3, 0.4) is 0 Å². The van der Waals surface area contributed by atoms with Gasteiger partial charge in [0, 0.05) is 12.6 Å². The molecule has 0 aromatic heterocycles. The van der Waals surface area contributed by atoms with Gasteiger partial charge in [-0.1, -0.05) is 30.3 Å². The lowest BCUT2D eigenvalue weighted by molar-refractivity contribution is -0.122. The van der Waals surface area contributed by atoms with Crippen molar-refractivity contribution in [2.24, 2.45) is 5.10 Å². The number of carbonyl (C=O) groups excluding carboxylic acids is 2. The zero-order valence-electron chi connectivity index (χ0n) is 14.8. The third-order valence-electron chi connectivity index (χ3n) is 3.40. The molecule has 0 heterocycles. The van der Waals surface area contributed by atoms with Crippen LogP contribution in [-0.4, -0.2) is 32.5 Å². The molecule has 0 spiro atoms. The van der Waals surface area contributed by atoms with Crippen molar-refractivity contribution in [2.75, 3.05) is 5.32 Å². The SMILES string of the molecule is CC(=O)Nc1ccc(S(=O)(=O)N[C@@H](C)C(=O)N/N=C/c2ccccc2)cc1. The maximum Gasteiger partial charge on any atom is 0.257 e. The second-order valence-corrected chi connectivity index (χ2v) is 7.41. The molecule has 2 aromatic carbocycles. The van der Waals surface area contributed by atoms with Crippen LogP contribution in [0.1, 0.15) is 19.4 Å². The van der Waals surface area contributed by atoms with Gasteiger partial charge in [0.25, 0.3) is 5.91 Å². The molecule has 0 fully saturated rings. The van der Waals surface area contributed by atoms with E-state index >= 15 is 0 Å². The summed E-state index contributed by atoms with van der Waals surface area (Å²) in [7, 11) is -3.90. The number of benzene rings is 2. The maximum absolute atomic E-state index is 12.4. The molecule has 27 heavy (non-hydrogen) atoms. The van der Waals surface area contributed by atoms with Crippen molar-refractivity contribution in [1.29, 1.82) is 0 Å². The van der Waals surface area contributed by atoms with E-state index in [4.69, 9.17) is 0 Å². The fraction of sp³-hybridized carbons (Fsp3) is 0.167. The summed E-state index contributed by atoms with van der Waals surface area (Å²) in [5, 5.41) is 6.35. The number of hydrogen-bond donors (Lipinski definition) is 3. The predicted octanol–water partition coefficient (Wildman–Crippen LogP) is 1.46.